The molecule has 1 amide bonds. The molecule has 6 aromatic rings. The van der Waals surface area contributed by atoms with Gasteiger partial charge in [0.15, 0.2) is 24.2 Å². The molecule has 0 aliphatic heterocycles. The summed E-state index contributed by atoms with van der Waals surface area (Å²) in [5.41, 5.74) is 9.61. The summed E-state index contributed by atoms with van der Waals surface area (Å²) in [7, 11) is 0. The Morgan fingerprint density at radius 1 is 0.767 bits per heavy atom. The minimum atomic E-state index is -1.07. The summed E-state index contributed by atoms with van der Waals surface area (Å²) in [5, 5.41) is 10.9. The van der Waals surface area contributed by atoms with Crippen molar-refractivity contribution in [1.82, 2.24) is 29.1 Å². The lowest BCUT2D eigenvalue weighted by Crippen LogP contribution is -2.15. The van der Waals surface area contributed by atoms with Gasteiger partial charge in [-0.1, -0.05) is 35.4 Å². The van der Waals surface area contributed by atoms with Crippen LogP contribution in [0, 0.1) is 13.8 Å². The lowest BCUT2D eigenvalue weighted by molar-refractivity contribution is 0.0690. The van der Waals surface area contributed by atoms with Gasteiger partial charge >= 0.3 is 12.0 Å². The van der Waals surface area contributed by atoms with Gasteiger partial charge in [-0.2, -0.15) is 0 Å². The van der Waals surface area contributed by atoms with Gasteiger partial charge in [0.1, 0.15) is 25.2 Å². The van der Waals surface area contributed by atoms with Crippen molar-refractivity contribution in [2.45, 2.75) is 13.8 Å². The molecule has 14 nitrogen and oxygen atoms in total. The number of aryl methyl sites for hydroxylation is 2. The van der Waals surface area contributed by atoms with Crippen molar-refractivity contribution in [2.75, 3.05) is 11.1 Å². The number of carboxylic acids is 1. The number of benzene rings is 2. The van der Waals surface area contributed by atoms with Crippen molar-refractivity contribution < 1.29 is 28.3 Å². The molecule has 14 heteroatoms. The highest BCUT2D eigenvalue weighted by Crippen LogP contribution is 2.10. The average molecular weight is 585 g/mol. The van der Waals surface area contributed by atoms with E-state index in [4.69, 9.17) is 15.3 Å². The molecule has 220 valence electrons. The van der Waals surface area contributed by atoms with Crippen LogP contribution in [-0.4, -0.2) is 52.1 Å². The standard InChI is InChI=1S/C11H10N2O2.C7H6N4O.C7H9N.C4H3NO3/c1-8-2-4-9(5-3-8)13-11(14)10-6-15-7-12-10;12-7(10-3-1-8-5-10)11-4-2-9-6-11;1-6-2-4-7(8)5-3-6;6-4(7)3-1-8-2-5-3/h2-7H,1H3,(H,13,14);1-6H;2-5H,8H2,1H3;1-2H,(H,6,7). The summed E-state index contributed by atoms with van der Waals surface area (Å²) in [6, 6.07) is 15.1. The number of aromatic nitrogens is 6. The smallest absolute Gasteiger partial charge is 0.357 e. The number of carboxylic acid groups (broad SMARTS) is 1. The molecule has 0 spiro atoms. The monoisotopic (exact) mass is 584 g/mol. The van der Waals surface area contributed by atoms with Gasteiger partial charge in [0.05, 0.1) is 0 Å². The van der Waals surface area contributed by atoms with E-state index >= 15 is 0 Å². The van der Waals surface area contributed by atoms with Gasteiger partial charge in [-0.25, -0.2) is 29.5 Å². The Hall–Kier alpha value is -6.31. The summed E-state index contributed by atoms with van der Waals surface area (Å²) in [6.07, 6.45) is 13.8. The highest BCUT2D eigenvalue weighted by atomic mass is 16.4. The molecule has 0 fully saturated rings. The third-order valence-electron chi connectivity index (χ3n) is 5.15. The maximum absolute atomic E-state index is 11.5. The molecule has 4 aromatic heterocycles. The number of nitrogens with zero attached hydrogens (tertiary/aromatic N) is 6. The van der Waals surface area contributed by atoms with Gasteiger partial charge in [-0.15, -0.1) is 0 Å². The van der Waals surface area contributed by atoms with Crippen LogP contribution in [-0.2, 0) is 0 Å². The normalized spacial score (nSPS) is 9.63. The number of carbonyl (C=O) groups is 3. The van der Waals surface area contributed by atoms with Crippen LogP contribution in [0.5, 0.6) is 0 Å². The second-order valence-electron chi connectivity index (χ2n) is 8.51. The first kappa shape index (κ1) is 31.2. The van der Waals surface area contributed by atoms with Gasteiger partial charge in [0, 0.05) is 36.2 Å². The molecule has 0 saturated heterocycles. The van der Waals surface area contributed by atoms with Crippen molar-refractivity contribution in [3.8, 4) is 0 Å². The van der Waals surface area contributed by atoms with E-state index in [1.807, 2.05) is 62.4 Å². The van der Waals surface area contributed by atoms with E-state index in [9.17, 15) is 14.4 Å². The number of anilines is 2. The SMILES string of the molecule is Cc1ccc(N)cc1.Cc1ccc(NC(=O)c2cocn2)cc1.O=C(O)c1cocn1.O=C(n1ccnc1)n1ccnc1. The molecule has 0 atom stereocenters. The van der Waals surface area contributed by atoms with Gasteiger partial charge in [0.2, 0.25) is 0 Å². The Bertz CT molecular complexity index is 1590. The Morgan fingerprint density at radius 3 is 1.63 bits per heavy atom. The van der Waals surface area contributed by atoms with Crippen LogP contribution >= 0.6 is 0 Å². The molecule has 0 aliphatic carbocycles. The number of nitrogens with one attached hydrogen (secondary N) is 1. The fourth-order valence-electron chi connectivity index (χ4n) is 2.92. The van der Waals surface area contributed by atoms with E-state index in [1.165, 1.54) is 40.0 Å². The molecule has 0 bridgehead atoms. The minimum absolute atomic E-state index is 0.0648. The number of aromatic carboxylic acids is 1. The van der Waals surface area contributed by atoms with Crippen molar-refractivity contribution in [1.29, 1.82) is 0 Å². The predicted molar refractivity (Wildman–Crippen MR) is 155 cm³/mol. The number of nitrogen functional groups attached to an aromatic ring is 1. The molecule has 6 rings (SSSR count). The first-order valence-corrected chi connectivity index (χ1v) is 12.4. The molecule has 0 aliphatic rings. The van der Waals surface area contributed by atoms with Crippen LogP contribution in [0.4, 0.5) is 16.2 Å². The number of oxazole rings is 2. The topological polar surface area (TPSA) is 197 Å². The Balaban J connectivity index is 0.000000163. The van der Waals surface area contributed by atoms with Crippen LogP contribution in [0.1, 0.15) is 32.1 Å². The zero-order chi connectivity index (χ0) is 31.0. The predicted octanol–water partition coefficient (Wildman–Crippen LogP) is 4.78. The molecular formula is C29H28N8O6. The van der Waals surface area contributed by atoms with Gasteiger partial charge < -0.3 is 25.0 Å². The number of hydrogen-bond donors (Lipinski definition) is 3. The summed E-state index contributed by atoms with van der Waals surface area (Å²) < 4.78 is 11.9. The van der Waals surface area contributed by atoms with Crippen molar-refractivity contribution in [3.05, 3.63) is 134 Å². The van der Waals surface area contributed by atoms with Gasteiger partial charge in [-0.3, -0.25) is 13.9 Å². The first-order chi connectivity index (χ1) is 20.7. The van der Waals surface area contributed by atoms with E-state index in [0.717, 1.165) is 29.6 Å². The summed E-state index contributed by atoms with van der Waals surface area (Å²) in [6.45, 7) is 4.03. The van der Waals surface area contributed by atoms with Crippen molar-refractivity contribution in [2.24, 2.45) is 0 Å². The number of amides is 1. The maximum Gasteiger partial charge on any atom is 0.357 e. The zero-order valence-corrected chi connectivity index (χ0v) is 23.1. The van der Waals surface area contributed by atoms with Crippen LogP contribution < -0.4 is 11.1 Å². The van der Waals surface area contributed by atoms with E-state index in [-0.39, 0.29) is 23.3 Å². The Kier molecular flexibility index (Phi) is 11.7. The summed E-state index contributed by atoms with van der Waals surface area (Å²) >= 11 is 0. The highest BCUT2D eigenvalue weighted by molar-refractivity contribution is 6.02. The van der Waals surface area contributed by atoms with Gasteiger partial charge in [0.25, 0.3) is 5.91 Å². The first-order valence-electron chi connectivity index (χ1n) is 12.4. The van der Waals surface area contributed by atoms with E-state index in [2.05, 4.69) is 29.7 Å². The average Bonchev–Trinajstić information content (AvgIpc) is 3.85. The molecular weight excluding hydrogens is 556 g/mol. The van der Waals surface area contributed by atoms with Crippen molar-refractivity contribution in [3.63, 3.8) is 0 Å². The molecule has 43 heavy (non-hydrogen) atoms. The third kappa shape index (κ3) is 10.6. The molecule has 0 saturated carbocycles. The fraction of sp³-hybridized carbons (Fsp3) is 0.0690. The molecule has 4 heterocycles. The van der Waals surface area contributed by atoms with Crippen LogP contribution in [0.2, 0.25) is 0 Å². The number of imidazole rings is 2. The Morgan fingerprint density at radius 2 is 1.26 bits per heavy atom. The van der Waals surface area contributed by atoms with Crippen LogP contribution in [0.15, 0.2) is 120 Å². The molecule has 0 radical (unpaired) electrons. The number of hydrogen-bond acceptors (Lipinski definition) is 10. The fourth-order valence-corrected chi connectivity index (χ4v) is 2.92. The second-order valence-corrected chi connectivity index (χ2v) is 8.51. The maximum atomic E-state index is 11.5. The quantitative estimate of drug-likeness (QED) is 0.242. The van der Waals surface area contributed by atoms with Crippen molar-refractivity contribution >= 4 is 29.3 Å². The van der Waals surface area contributed by atoms with E-state index < -0.39 is 5.97 Å². The summed E-state index contributed by atoms with van der Waals surface area (Å²) in [5.74, 6) is -1.34. The van der Waals surface area contributed by atoms with E-state index in [1.54, 1.807) is 24.8 Å². The lowest BCUT2D eigenvalue weighted by Gasteiger charge is -2.02. The zero-order valence-electron chi connectivity index (χ0n) is 23.1. The highest BCUT2D eigenvalue weighted by Gasteiger charge is 2.08. The minimum Gasteiger partial charge on any atom is -0.476 e. The van der Waals surface area contributed by atoms with Gasteiger partial charge in [-0.05, 0) is 38.1 Å². The molecule has 0 unspecified atom stereocenters. The van der Waals surface area contributed by atoms with Crippen LogP contribution in [0.25, 0.3) is 0 Å². The number of rotatable bonds is 3. The lowest BCUT2D eigenvalue weighted by atomic mass is 10.2. The Labute approximate surface area is 245 Å². The number of carbonyl (C=O) groups excluding carboxylic acids is 2. The van der Waals surface area contributed by atoms with E-state index in [0.29, 0.717) is 0 Å². The largest absolute Gasteiger partial charge is 0.476 e. The summed E-state index contributed by atoms with van der Waals surface area (Å²) in [4.78, 5) is 47.5. The number of nitrogens with two attached hydrogens (primary N) is 1. The second kappa shape index (κ2) is 16.1. The third-order valence-corrected chi connectivity index (χ3v) is 5.15. The molecule has 2 aromatic carbocycles. The van der Waals surface area contributed by atoms with Crippen LogP contribution in [0.3, 0.4) is 0 Å². The molecule has 4 N–H and O–H groups in total.